The Kier molecular flexibility index (Phi) is 4.29. The lowest BCUT2D eigenvalue weighted by atomic mass is 10.1. The van der Waals surface area contributed by atoms with Crippen molar-refractivity contribution < 1.29 is 14.2 Å². The predicted octanol–water partition coefficient (Wildman–Crippen LogP) is 1.60. The first-order valence-corrected chi connectivity index (χ1v) is 6.85. The van der Waals surface area contributed by atoms with Gasteiger partial charge in [0.1, 0.15) is 5.82 Å². The molecule has 1 aromatic rings. The zero-order valence-electron chi connectivity index (χ0n) is 10.1. The van der Waals surface area contributed by atoms with Gasteiger partial charge in [-0.1, -0.05) is 0 Å². The van der Waals surface area contributed by atoms with Gasteiger partial charge in [0, 0.05) is 19.2 Å². The van der Waals surface area contributed by atoms with E-state index in [0.29, 0.717) is 28.0 Å². The summed E-state index contributed by atoms with van der Waals surface area (Å²) >= 11 is 1.91. The Hall–Kier alpha value is -0.600. The van der Waals surface area contributed by atoms with Crippen molar-refractivity contribution in [2.45, 2.75) is 19.1 Å². The first kappa shape index (κ1) is 13.8. The van der Waals surface area contributed by atoms with E-state index in [1.54, 1.807) is 6.07 Å². The Balaban J connectivity index is 2.27. The molecule has 1 aliphatic heterocycles. The number of anilines is 2. The Labute approximate surface area is 119 Å². The van der Waals surface area contributed by atoms with Crippen LogP contribution in [0.1, 0.15) is 6.92 Å². The number of nitrogen functional groups attached to an aromatic ring is 1. The molecule has 0 radical (unpaired) electrons. The van der Waals surface area contributed by atoms with Gasteiger partial charge in [0.2, 0.25) is 0 Å². The Bertz CT molecular complexity index is 444. The quantitative estimate of drug-likeness (QED) is 0.617. The molecule has 2 rings (SSSR count). The summed E-state index contributed by atoms with van der Waals surface area (Å²) in [6.07, 6.45) is -0.270. The number of nitrogens with zero attached hydrogens (tertiary/aromatic N) is 1. The van der Waals surface area contributed by atoms with E-state index in [9.17, 15) is 9.50 Å². The lowest BCUT2D eigenvalue weighted by molar-refractivity contribution is -0.0420. The van der Waals surface area contributed by atoms with Crippen molar-refractivity contribution in [1.82, 2.24) is 0 Å². The summed E-state index contributed by atoms with van der Waals surface area (Å²) in [4.78, 5) is 1.96. The molecule has 1 aromatic carbocycles. The van der Waals surface area contributed by atoms with Crippen molar-refractivity contribution in [3.05, 3.63) is 21.5 Å². The van der Waals surface area contributed by atoms with Gasteiger partial charge in [-0.25, -0.2) is 4.39 Å². The topological polar surface area (TPSA) is 58.7 Å². The molecular weight excluding hydrogens is 350 g/mol. The molecule has 0 spiro atoms. The van der Waals surface area contributed by atoms with Crippen molar-refractivity contribution in [3.8, 4) is 0 Å². The van der Waals surface area contributed by atoms with Crippen molar-refractivity contribution in [2.75, 3.05) is 30.3 Å². The molecule has 0 amide bonds. The van der Waals surface area contributed by atoms with Gasteiger partial charge in [0.25, 0.3) is 0 Å². The van der Waals surface area contributed by atoms with Crippen LogP contribution in [0.4, 0.5) is 15.8 Å². The predicted molar refractivity (Wildman–Crippen MR) is 77.2 cm³/mol. The molecule has 1 saturated heterocycles. The van der Waals surface area contributed by atoms with E-state index in [-0.39, 0.29) is 24.6 Å². The third-order valence-corrected chi connectivity index (χ3v) is 3.77. The monoisotopic (exact) mass is 366 g/mol. The lowest BCUT2D eigenvalue weighted by Crippen LogP contribution is -2.48. The number of hydrogen-bond acceptors (Lipinski definition) is 4. The molecule has 0 saturated carbocycles. The third-order valence-electron chi connectivity index (χ3n) is 2.94. The molecule has 1 aliphatic rings. The largest absolute Gasteiger partial charge is 0.397 e. The maximum absolute atomic E-state index is 13.6. The highest BCUT2D eigenvalue weighted by Crippen LogP contribution is 2.29. The molecule has 1 heterocycles. The maximum Gasteiger partial charge on any atom is 0.138 e. The van der Waals surface area contributed by atoms with Crippen molar-refractivity contribution in [1.29, 1.82) is 0 Å². The van der Waals surface area contributed by atoms with Gasteiger partial charge in [0.05, 0.1) is 33.8 Å². The van der Waals surface area contributed by atoms with Crippen LogP contribution in [0.2, 0.25) is 0 Å². The summed E-state index contributed by atoms with van der Waals surface area (Å²) in [5.74, 6) is -0.278. The molecule has 100 valence electrons. The summed E-state index contributed by atoms with van der Waals surface area (Å²) in [6.45, 7) is 3.04. The second kappa shape index (κ2) is 5.58. The second-order valence-corrected chi connectivity index (χ2v) is 5.64. The second-order valence-electron chi connectivity index (χ2n) is 4.48. The molecule has 0 bridgehead atoms. The first-order chi connectivity index (χ1) is 8.51. The average molecular weight is 366 g/mol. The third kappa shape index (κ3) is 2.86. The highest BCUT2D eigenvalue weighted by molar-refractivity contribution is 14.1. The van der Waals surface area contributed by atoms with Crippen LogP contribution >= 0.6 is 22.6 Å². The van der Waals surface area contributed by atoms with Gasteiger partial charge in [-0.3, -0.25) is 0 Å². The molecule has 1 fully saturated rings. The fraction of sp³-hybridized carbons (Fsp3) is 0.500. The fourth-order valence-corrected chi connectivity index (χ4v) is 2.66. The number of hydrogen-bond donors (Lipinski definition) is 2. The fourth-order valence-electron chi connectivity index (χ4n) is 2.17. The van der Waals surface area contributed by atoms with E-state index in [2.05, 4.69) is 0 Å². The maximum atomic E-state index is 13.6. The molecule has 2 atom stereocenters. The van der Waals surface area contributed by atoms with E-state index in [0.717, 1.165) is 0 Å². The van der Waals surface area contributed by atoms with E-state index < -0.39 is 0 Å². The van der Waals surface area contributed by atoms with Gasteiger partial charge < -0.3 is 20.5 Å². The zero-order chi connectivity index (χ0) is 13.3. The van der Waals surface area contributed by atoms with Crippen molar-refractivity contribution in [2.24, 2.45) is 0 Å². The summed E-state index contributed by atoms with van der Waals surface area (Å²) in [6, 6.07) is 3.07. The van der Waals surface area contributed by atoms with Crippen LogP contribution in [0, 0.1) is 9.39 Å². The smallest absolute Gasteiger partial charge is 0.138 e. The van der Waals surface area contributed by atoms with Gasteiger partial charge in [-0.2, -0.15) is 0 Å². The first-order valence-electron chi connectivity index (χ1n) is 5.77. The standard InChI is InChI=1S/C12H16FIN2O2/c1-7-4-16(5-8(6-17)18-7)12-2-9(13)10(14)3-11(12)15/h2-3,7-8,17H,4-6,15H2,1H3. The molecule has 0 aliphatic carbocycles. The number of benzene rings is 1. The lowest BCUT2D eigenvalue weighted by Gasteiger charge is -2.38. The highest BCUT2D eigenvalue weighted by atomic mass is 127. The number of nitrogens with two attached hydrogens (primary N) is 1. The minimum absolute atomic E-state index is 0.0161. The van der Waals surface area contributed by atoms with E-state index in [4.69, 9.17) is 10.5 Å². The summed E-state index contributed by atoms with van der Waals surface area (Å²) in [5, 5.41) is 9.18. The van der Waals surface area contributed by atoms with Crippen LogP contribution in [0.5, 0.6) is 0 Å². The number of rotatable bonds is 2. The normalized spacial score (nSPS) is 24.3. The molecule has 0 aromatic heterocycles. The highest BCUT2D eigenvalue weighted by Gasteiger charge is 2.26. The zero-order valence-corrected chi connectivity index (χ0v) is 12.2. The molecule has 4 nitrogen and oxygen atoms in total. The van der Waals surface area contributed by atoms with E-state index >= 15 is 0 Å². The Morgan fingerprint density at radius 1 is 1.56 bits per heavy atom. The van der Waals surface area contributed by atoms with E-state index in [1.807, 2.05) is 34.4 Å². The number of halogens is 2. The minimum Gasteiger partial charge on any atom is -0.397 e. The SMILES string of the molecule is CC1CN(c2cc(F)c(I)cc2N)CC(CO)O1. The molecule has 2 unspecified atom stereocenters. The van der Waals surface area contributed by atoms with Crippen LogP contribution in [-0.2, 0) is 4.74 Å². The van der Waals surface area contributed by atoms with E-state index in [1.165, 1.54) is 6.07 Å². The number of morpholine rings is 1. The van der Waals surface area contributed by atoms with Gasteiger partial charge in [0.15, 0.2) is 0 Å². The van der Waals surface area contributed by atoms with Crippen LogP contribution in [-0.4, -0.2) is 37.0 Å². The average Bonchev–Trinajstić information content (AvgIpc) is 2.33. The number of aliphatic hydroxyl groups is 1. The van der Waals surface area contributed by atoms with Gasteiger partial charge >= 0.3 is 0 Å². The summed E-state index contributed by atoms with van der Waals surface area (Å²) in [7, 11) is 0. The van der Waals surface area contributed by atoms with Crippen LogP contribution in [0.15, 0.2) is 12.1 Å². The molecule has 3 N–H and O–H groups in total. The Morgan fingerprint density at radius 3 is 2.94 bits per heavy atom. The van der Waals surface area contributed by atoms with Crippen LogP contribution in [0.3, 0.4) is 0 Å². The minimum atomic E-state index is -0.278. The van der Waals surface area contributed by atoms with Gasteiger partial charge in [-0.05, 0) is 35.6 Å². The van der Waals surface area contributed by atoms with Crippen molar-refractivity contribution in [3.63, 3.8) is 0 Å². The number of ether oxygens (including phenoxy) is 1. The molecular formula is C12H16FIN2O2. The molecule has 18 heavy (non-hydrogen) atoms. The van der Waals surface area contributed by atoms with Crippen molar-refractivity contribution >= 4 is 34.0 Å². The van der Waals surface area contributed by atoms with Crippen LogP contribution in [0.25, 0.3) is 0 Å². The Morgan fingerprint density at radius 2 is 2.28 bits per heavy atom. The summed E-state index contributed by atoms with van der Waals surface area (Å²) in [5.41, 5.74) is 7.15. The number of aliphatic hydroxyl groups excluding tert-OH is 1. The molecule has 6 heteroatoms. The van der Waals surface area contributed by atoms with Crippen LogP contribution < -0.4 is 10.6 Å². The van der Waals surface area contributed by atoms with Gasteiger partial charge in [-0.15, -0.1) is 0 Å². The summed E-state index contributed by atoms with van der Waals surface area (Å²) < 4.78 is 19.7.